The smallest absolute Gasteiger partial charge is 0.136 e. The summed E-state index contributed by atoms with van der Waals surface area (Å²) in [6.45, 7) is 0. The number of likely N-dealkylation sites (N-methyl/N-ethyl adjacent to an activating group) is 1. The van der Waals surface area contributed by atoms with Gasteiger partial charge in [-0.3, -0.25) is 0 Å². The molecular formula is C17H12ClN3S. The fourth-order valence-electron chi connectivity index (χ4n) is 2.14. The maximum atomic E-state index is 9.52. The Bertz CT molecular complexity index is 822. The van der Waals surface area contributed by atoms with Crippen molar-refractivity contribution < 1.29 is 0 Å². The van der Waals surface area contributed by atoms with Crippen molar-refractivity contribution in [1.29, 1.82) is 5.26 Å². The van der Waals surface area contributed by atoms with Crippen LogP contribution >= 0.6 is 22.9 Å². The van der Waals surface area contributed by atoms with Gasteiger partial charge in [-0.1, -0.05) is 29.8 Å². The van der Waals surface area contributed by atoms with Crippen LogP contribution in [0.5, 0.6) is 0 Å². The number of thiazole rings is 1. The topological polar surface area (TPSA) is 39.9 Å². The second kappa shape index (κ2) is 6.18. The van der Waals surface area contributed by atoms with Crippen LogP contribution in [0.1, 0.15) is 5.01 Å². The zero-order valence-electron chi connectivity index (χ0n) is 11.8. The van der Waals surface area contributed by atoms with Gasteiger partial charge in [0.1, 0.15) is 16.6 Å². The molecule has 0 saturated carbocycles. The predicted octanol–water partition coefficient (Wildman–Crippen LogP) is 4.71. The van der Waals surface area contributed by atoms with Crippen molar-refractivity contribution in [2.24, 2.45) is 0 Å². The van der Waals surface area contributed by atoms with E-state index < -0.39 is 0 Å². The number of rotatable bonds is 2. The van der Waals surface area contributed by atoms with E-state index in [1.165, 1.54) is 11.3 Å². The molecule has 1 aromatic heterocycles. The summed E-state index contributed by atoms with van der Waals surface area (Å²) in [4.78, 5) is 6.52. The SMILES string of the molecule is CN1C=CC=C/C1=C(/C#N)c1nc(-c2ccc(Cl)cc2)cs1. The minimum atomic E-state index is 0.577. The van der Waals surface area contributed by atoms with Gasteiger partial charge < -0.3 is 4.90 Å². The number of nitrogens with zero attached hydrogens (tertiary/aromatic N) is 3. The largest absolute Gasteiger partial charge is 0.350 e. The Hall–Kier alpha value is -2.35. The van der Waals surface area contributed by atoms with E-state index in [0.717, 1.165) is 17.0 Å². The maximum absolute atomic E-state index is 9.52. The molecule has 0 unspecified atom stereocenters. The van der Waals surface area contributed by atoms with Crippen molar-refractivity contribution >= 4 is 28.5 Å². The molecule has 0 spiro atoms. The summed E-state index contributed by atoms with van der Waals surface area (Å²) in [5, 5.41) is 12.9. The first-order valence-electron chi connectivity index (χ1n) is 6.63. The normalized spacial score (nSPS) is 15.8. The van der Waals surface area contributed by atoms with Gasteiger partial charge in [0.2, 0.25) is 0 Å². The second-order valence-corrected chi connectivity index (χ2v) is 6.02. The number of allylic oxidation sites excluding steroid dienone is 4. The number of hydrogen-bond acceptors (Lipinski definition) is 4. The molecule has 0 atom stereocenters. The highest BCUT2D eigenvalue weighted by atomic mass is 35.5. The molecule has 0 aliphatic carbocycles. The molecule has 0 amide bonds. The molecule has 0 radical (unpaired) electrons. The molecule has 5 heteroatoms. The summed E-state index contributed by atoms with van der Waals surface area (Å²) >= 11 is 7.37. The molecule has 2 aromatic rings. The zero-order chi connectivity index (χ0) is 15.5. The summed E-state index contributed by atoms with van der Waals surface area (Å²) in [6, 6.07) is 9.80. The van der Waals surface area contributed by atoms with Crippen molar-refractivity contribution in [3.63, 3.8) is 0 Å². The highest BCUT2D eigenvalue weighted by molar-refractivity contribution is 7.11. The van der Waals surface area contributed by atoms with E-state index in [2.05, 4.69) is 11.1 Å². The van der Waals surface area contributed by atoms with E-state index in [-0.39, 0.29) is 0 Å². The summed E-state index contributed by atoms with van der Waals surface area (Å²) < 4.78 is 0. The molecule has 3 nitrogen and oxygen atoms in total. The third-order valence-electron chi connectivity index (χ3n) is 3.28. The molecule has 22 heavy (non-hydrogen) atoms. The first-order valence-corrected chi connectivity index (χ1v) is 7.88. The number of nitriles is 1. The molecule has 1 aliphatic heterocycles. The van der Waals surface area contributed by atoms with Crippen LogP contribution in [0.25, 0.3) is 16.8 Å². The zero-order valence-corrected chi connectivity index (χ0v) is 13.4. The minimum absolute atomic E-state index is 0.577. The molecule has 0 N–H and O–H groups in total. The van der Waals surface area contributed by atoms with Crippen LogP contribution in [-0.2, 0) is 0 Å². The third kappa shape index (κ3) is 2.82. The van der Waals surface area contributed by atoms with Crippen LogP contribution in [-0.4, -0.2) is 16.9 Å². The number of benzene rings is 1. The van der Waals surface area contributed by atoms with Gasteiger partial charge in [-0.05, 0) is 24.3 Å². The minimum Gasteiger partial charge on any atom is -0.350 e. The lowest BCUT2D eigenvalue weighted by Gasteiger charge is -2.18. The Morgan fingerprint density at radius 1 is 1.27 bits per heavy atom. The summed E-state index contributed by atoms with van der Waals surface area (Å²) in [7, 11) is 1.92. The Kier molecular flexibility index (Phi) is 4.10. The standard InChI is InChI=1S/C17H12ClN3S/c1-21-9-3-2-4-16(21)14(10-19)17-20-15(11-22-17)12-5-7-13(18)8-6-12/h2-9,11H,1H3/b16-14+. The molecule has 2 heterocycles. The number of aromatic nitrogens is 1. The monoisotopic (exact) mass is 325 g/mol. The third-order valence-corrected chi connectivity index (χ3v) is 4.39. The molecular weight excluding hydrogens is 314 g/mol. The predicted molar refractivity (Wildman–Crippen MR) is 91.1 cm³/mol. The second-order valence-electron chi connectivity index (χ2n) is 4.73. The molecule has 0 bridgehead atoms. The highest BCUT2D eigenvalue weighted by Gasteiger charge is 2.15. The van der Waals surface area contributed by atoms with Crippen LogP contribution in [0.2, 0.25) is 5.02 Å². The Balaban J connectivity index is 2.01. The van der Waals surface area contributed by atoms with Crippen LogP contribution in [0.4, 0.5) is 0 Å². The molecule has 0 fully saturated rings. The lowest BCUT2D eigenvalue weighted by molar-refractivity contribution is 0.587. The van der Waals surface area contributed by atoms with Gasteiger partial charge >= 0.3 is 0 Å². The van der Waals surface area contributed by atoms with Gasteiger partial charge in [0.15, 0.2) is 0 Å². The van der Waals surface area contributed by atoms with Gasteiger partial charge in [0.05, 0.1) is 11.4 Å². The van der Waals surface area contributed by atoms with E-state index in [1.54, 1.807) is 0 Å². The fraction of sp³-hybridized carbons (Fsp3) is 0.0588. The molecule has 0 saturated heterocycles. The summed E-state index contributed by atoms with van der Waals surface area (Å²) in [5.74, 6) is 0. The number of halogens is 1. The van der Waals surface area contributed by atoms with E-state index in [1.807, 2.05) is 66.0 Å². The molecule has 1 aliphatic rings. The quantitative estimate of drug-likeness (QED) is 0.750. The molecule has 108 valence electrons. The van der Waals surface area contributed by atoms with Crippen LogP contribution in [0.15, 0.2) is 59.8 Å². The van der Waals surface area contributed by atoms with Gasteiger partial charge in [-0.2, -0.15) is 5.26 Å². The fourth-order valence-corrected chi connectivity index (χ4v) is 3.10. The van der Waals surface area contributed by atoms with E-state index in [0.29, 0.717) is 15.6 Å². The van der Waals surface area contributed by atoms with Crippen molar-refractivity contribution in [1.82, 2.24) is 9.88 Å². The van der Waals surface area contributed by atoms with Crippen molar-refractivity contribution in [3.8, 4) is 17.3 Å². The van der Waals surface area contributed by atoms with Crippen molar-refractivity contribution in [2.45, 2.75) is 0 Å². The first-order chi connectivity index (χ1) is 10.7. The van der Waals surface area contributed by atoms with E-state index in [9.17, 15) is 5.26 Å². The average Bonchev–Trinajstić information content (AvgIpc) is 3.00. The van der Waals surface area contributed by atoms with Crippen LogP contribution in [0, 0.1) is 11.3 Å². The summed E-state index contributed by atoms with van der Waals surface area (Å²) in [5.41, 5.74) is 3.26. The van der Waals surface area contributed by atoms with Gasteiger partial charge in [-0.15, -0.1) is 11.3 Å². The van der Waals surface area contributed by atoms with E-state index in [4.69, 9.17) is 11.6 Å². The first kappa shape index (κ1) is 14.6. The van der Waals surface area contributed by atoms with Crippen molar-refractivity contribution in [3.05, 3.63) is 69.8 Å². The Morgan fingerprint density at radius 3 is 2.73 bits per heavy atom. The highest BCUT2D eigenvalue weighted by Crippen LogP contribution is 2.30. The average molecular weight is 326 g/mol. The lowest BCUT2D eigenvalue weighted by atomic mass is 10.1. The summed E-state index contributed by atoms with van der Waals surface area (Å²) in [6.07, 6.45) is 7.68. The lowest BCUT2D eigenvalue weighted by Crippen LogP contribution is -2.12. The molecule has 1 aromatic carbocycles. The van der Waals surface area contributed by atoms with Gasteiger partial charge in [0, 0.05) is 29.2 Å². The maximum Gasteiger partial charge on any atom is 0.136 e. The van der Waals surface area contributed by atoms with Gasteiger partial charge in [0.25, 0.3) is 0 Å². The van der Waals surface area contributed by atoms with Crippen LogP contribution in [0.3, 0.4) is 0 Å². The number of hydrogen-bond donors (Lipinski definition) is 0. The Labute approximate surface area is 138 Å². The van der Waals surface area contributed by atoms with Crippen LogP contribution < -0.4 is 0 Å². The Morgan fingerprint density at radius 2 is 2.05 bits per heavy atom. The molecule has 3 rings (SSSR count). The van der Waals surface area contributed by atoms with E-state index >= 15 is 0 Å². The van der Waals surface area contributed by atoms with Gasteiger partial charge in [-0.25, -0.2) is 4.98 Å². The van der Waals surface area contributed by atoms with Crippen molar-refractivity contribution in [2.75, 3.05) is 7.05 Å².